The van der Waals surface area contributed by atoms with Crippen molar-refractivity contribution in [2.45, 2.75) is 11.5 Å². The van der Waals surface area contributed by atoms with E-state index >= 15 is 0 Å². The van der Waals surface area contributed by atoms with E-state index in [9.17, 15) is 14.0 Å². The Balaban J connectivity index is 1.50. The Bertz CT molecular complexity index is 1130. The maximum atomic E-state index is 13.9. The molecule has 3 aromatic carbocycles. The molecule has 0 unspecified atom stereocenters. The smallest absolute Gasteiger partial charge is 0.258 e. The maximum Gasteiger partial charge on any atom is 0.258 e. The van der Waals surface area contributed by atoms with Gasteiger partial charge in [0.05, 0.1) is 10.1 Å². The van der Waals surface area contributed by atoms with E-state index in [1.807, 2.05) is 48.6 Å². The monoisotopic (exact) mass is 452 g/mol. The highest BCUT2D eigenvalue weighted by molar-refractivity contribution is 8.19. The molecule has 1 heterocycles. The Kier molecular flexibility index (Phi) is 6.63. The third kappa shape index (κ3) is 5.11. The van der Waals surface area contributed by atoms with Crippen molar-refractivity contribution < 1.29 is 14.0 Å². The first kappa shape index (κ1) is 21.5. The highest BCUT2D eigenvalue weighted by Gasteiger charge is 2.19. The zero-order chi connectivity index (χ0) is 21.8. The second-order valence-electron chi connectivity index (χ2n) is 7.12. The number of thioether (sulfide) groups is 2. The predicted octanol–water partition coefficient (Wildman–Crippen LogP) is 6.12. The van der Waals surface area contributed by atoms with Crippen LogP contribution < -0.4 is 10.6 Å². The lowest BCUT2D eigenvalue weighted by molar-refractivity contribution is 0.101. The number of amides is 2. The van der Waals surface area contributed by atoms with E-state index in [-0.39, 0.29) is 11.5 Å². The van der Waals surface area contributed by atoms with Crippen LogP contribution in [0.4, 0.5) is 15.8 Å². The number of rotatable bonds is 5. The quantitative estimate of drug-likeness (QED) is 0.490. The Hall–Kier alpha value is -2.77. The second kappa shape index (κ2) is 9.58. The van der Waals surface area contributed by atoms with Gasteiger partial charge in [0.25, 0.3) is 11.8 Å². The van der Waals surface area contributed by atoms with Crippen molar-refractivity contribution in [1.82, 2.24) is 0 Å². The maximum absolute atomic E-state index is 13.9. The molecule has 1 aliphatic rings. The van der Waals surface area contributed by atoms with Gasteiger partial charge in [-0.15, -0.1) is 23.5 Å². The van der Waals surface area contributed by atoms with Crippen LogP contribution in [0.15, 0.2) is 66.7 Å². The minimum Gasteiger partial charge on any atom is -0.322 e. The van der Waals surface area contributed by atoms with Crippen LogP contribution in [0, 0.1) is 12.7 Å². The molecule has 0 aliphatic carbocycles. The molecule has 0 bridgehead atoms. The van der Waals surface area contributed by atoms with Crippen LogP contribution in [0.3, 0.4) is 0 Å². The standard InChI is InChI=1S/C24H21FN2O2S2/c1-15-9-10-16(14-21(15)27-23(29)19-7-2-3-8-20(19)25)22(28)26-18-6-4-5-17(13-18)24-30-11-12-31-24/h2-10,13-14,24H,11-12H2,1H3,(H,26,28)(H,27,29). The number of halogens is 1. The fourth-order valence-electron chi connectivity index (χ4n) is 3.25. The zero-order valence-electron chi connectivity index (χ0n) is 16.9. The molecule has 0 radical (unpaired) electrons. The van der Waals surface area contributed by atoms with Crippen LogP contribution in [0.2, 0.25) is 0 Å². The van der Waals surface area contributed by atoms with E-state index in [0.29, 0.717) is 15.8 Å². The molecule has 0 saturated carbocycles. The summed E-state index contributed by atoms with van der Waals surface area (Å²) in [6, 6.07) is 18.7. The van der Waals surface area contributed by atoms with Crippen molar-refractivity contribution in [1.29, 1.82) is 0 Å². The highest BCUT2D eigenvalue weighted by Crippen LogP contribution is 2.45. The van der Waals surface area contributed by atoms with Gasteiger partial charge >= 0.3 is 0 Å². The molecule has 1 aliphatic heterocycles. The molecule has 158 valence electrons. The van der Waals surface area contributed by atoms with Gasteiger partial charge in [-0.3, -0.25) is 9.59 Å². The molecular weight excluding hydrogens is 431 g/mol. The van der Waals surface area contributed by atoms with Crippen LogP contribution in [0.5, 0.6) is 0 Å². The molecule has 3 aromatic rings. The average Bonchev–Trinajstić information content (AvgIpc) is 3.31. The Labute approximate surface area is 189 Å². The van der Waals surface area contributed by atoms with Crippen molar-refractivity contribution in [3.05, 3.63) is 94.8 Å². The lowest BCUT2D eigenvalue weighted by Crippen LogP contribution is -2.16. The minimum absolute atomic E-state index is 0.0452. The van der Waals surface area contributed by atoms with E-state index in [2.05, 4.69) is 16.7 Å². The first-order valence-electron chi connectivity index (χ1n) is 9.82. The first-order chi connectivity index (χ1) is 15.0. The molecule has 4 nitrogen and oxygen atoms in total. The molecule has 0 aromatic heterocycles. The highest BCUT2D eigenvalue weighted by atomic mass is 32.2. The minimum atomic E-state index is -0.593. The van der Waals surface area contributed by atoms with Crippen molar-refractivity contribution in [3.63, 3.8) is 0 Å². The number of aryl methyl sites for hydroxylation is 1. The van der Waals surface area contributed by atoms with E-state index in [0.717, 1.165) is 22.8 Å². The Morgan fingerprint density at radius 3 is 2.45 bits per heavy atom. The summed E-state index contributed by atoms with van der Waals surface area (Å²) in [6.07, 6.45) is 0. The Morgan fingerprint density at radius 1 is 0.903 bits per heavy atom. The largest absolute Gasteiger partial charge is 0.322 e. The number of hydrogen-bond donors (Lipinski definition) is 2. The van der Waals surface area contributed by atoms with Gasteiger partial charge in [-0.2, -0.15) is 0 Å². The summed E-state index contributed by atoms with van der Waals surface area (Å²) in [6.45, 7) is 1.82. The van der Waals surface area contributed by atoms with E-state index in [1.165, 1.54) is 23.8 Å². The van der Waals surface area contributed by atoms with Gasteiger partial charge in [-0.1, -0.05) is 30.3 Å². The van der Waals surface area contributed by atoms with Crippen LogP contribution in [0.1, 0.15) is 36.4 Å². The van der Waals surface area contributed by atoms with Crippen molar-refractivity contribution in [2.75, 3.05) is 22.1 Å². The lowest BCUT2D eigenvalue weighted by atomic mass is 10.1. The first-order valence-corrected chi connectivity index (χ1v) is 11.9. The summed E-state index contributed by atoms with van der Waals surface area (Å²) < 4.78 is 14.3. The van der Waals surface area contributed by atoms with Crippen molar-refractivity contribution in [2.24, 2.45) is 0 Å². The lowest BCUT2D eigenvalue weighted by Gasteiger charge is -2.13. The van der Waals surface area contributed by atoms with Gasteiger partial charge in [0.15, 0.2) is 0 Å². The van der Waals surface area contributed by atoms with Crippen LogP contribution in [0.25, 0.3) is 0 Å². The normalized spacial score (nSPS) is 13.7. The molecular formula is C24H21FN2O2S2. The van der Waals surface area contributed by atoms with Gasteiger partial charge in [0, 0.05) is 28.4 Å². The number of carbonyl (C=O) groups excluding carboxylic acids is 2. The van der Waals surface area contributed by atoms with Crippen molar-refractivity contribution in [3.8, 4) is 0 Å². The third-order valence-electron chi connectivity index (χ3n) is 4.90. The number of carbonyl (C=O) groups is 2. The molecule has 7 heteroatoms. The van der Waals surface area contributed by atoms with Gasteiger partial charge in [0.2, 0.25) is 0 Å². The van der Waals surface area contributed by atoms with Crippen LogP contribution >= 0.6 is 23.5 Å². The molecule has 1 saturated heterocycles. The molecule has 0 spiro atoms. The molecule has 4 rings (SSSR count). The van der Waals surface area contributed by atoms with Gasteiger partial charge in [-0.25, -0.2) is 4.39 Å². The molecule has 2 N–H and O–H groups in total. The predicted molar refractivity (Wildman–Crippen MR) is 128 cm³/mol. The van der Waals surface area contributed by atoms with E-state index in [4.69, 9.17) is 0 Å². The Morgan fingerprint density at radius 2 is 1.68 bits per heavy atom. The second-order valence-corrected chi connectivity index (χ2v) is 9.84. The number of nitrogens with one attached hydrogen (secondary N) is 2. The van der Waals surface area contributed by atoms with E-state index < -0.39 is 11.7 Å². The SMILES string of the molecule is Cc1ccc(C(=O)Nc2cccc(C3SCCS3)c2)cc1NC(=O)c1ccccc1F. The number of benzene rings is 3. The molecule has 31 heavy (non-hydrogen) atoms. The van der Waals surface area contributed by atoms with E-state index in [1.54, 1.807) is 24.3 Å². The molecule has 1 fully saturated rings. The summed E-state index contributed by atoms with van der Waals surface area (Å²) in [4.78, 5) is 25.3. The van der Waals surface area contributed by atoms with Gasteiger partial charge in [-0.05, 0) is 54.4 Å². The van der Waals surface area contributed by atoms with Crippen molar-refractivity contribution >= 4 is 46.7 Å². The molecule has 2 amide bonds. The van der Waals surface area contributed by atoms with Gasteiger partial charge < -0.3 is 10.6 Å². The third-order valence-corrected chi connectivity index (χ3v) is 8.01. The summed E-state index contributed by atoms with van der Waals surface area (Å²) in [5, 5.41) is 5.64. The summed E-state index contributed by atoms with van der Waals surface area (Å²) in [7, 11) is 0. The number of hydrogen-bond acceptors (Lipinski definition) is 4. The summed E-state index contributed by atoms with van der Waals surface area (Å²) in [5.74, 6) is 0.848. The topological polar surface area (TPSA) is 58.2 Å². The van der Waals surface area contributed by atoms with Gasteiger partial charge in [0.1, 0.15) is 5.82 Å². The fraction of sp³-hybridized carbons (Fsp3) is 0.167. The summed E-state index contributed by atoms with van der Waals surface area (Å²) in [5.41, 5.74) is 3.52. The average molecular weight is 453 g/mol. The summed E-state index contributed by atoms with van der Waals surface area (Å²) >= 11 is 3.82. The van der Waals surface area contributed by atoms with Crippen LogP contribution in [-0.4, -0.2) is 23.3 Å². The van der Waals surface area contributed by atoms with Crippen LogP contribution in [-0.2, 0) is 0 Å². The zero-order valence-corrected chi connectivity index (χ0v) is 18.5. The molecule has 0 atom stereocenters. The fourth-order valence-corrected chi connectivity index (χ4v) is 6.09. The number of anilines is 2.